The zero-order valence-corrected chi connectivity index (χ0v) is 7.49. The Morgan fingerprint density at radius 2 is 2.00 bits per heavy atom. The zero-order chi connectivity index (χ0) is 10.4. The van der Waals surface area contributed by atoms with Crippen molar-refractivity contribution in [2.45, 2.75) is 19.4 Å². The molecule has 0 bridgehead atoms. The van der Waals surface area contributed by atoms with Crippen LogP contribution in [0.4, 0.5) is 0 Å². The van der Waals surface area contributed by atoms with Gasteiger partial charge in [0.25, 0.3) is 0 Å². The van der Waals surface area contributed by atoms with Crippen LogP contribution in [0.25, 0.3) is 0 Å². The molecule has 6 nitrogen and oxygen atoms in total. The maximum atomic E-state index is 10.8. The number of nitrogens with one attached hydrogen (secondary N) is 1. The van der Waals surface area contributed by atoms with E-state index in [9.17, 15) is 14.4 Å². The SMILES string of the molecule is COC(=O)C(=O)NC(C)CC(N)=O. The molecule has 2 amide bonds. The van der Waals surface area contributed by atoms with Gasteiger partial charge in [0.1, 0.15) is 0 Å². The minimum atomic E-state index is -0.990. The molecule has 74 valence electrons. The molecule has 13 heavy (non-hydrogen) atoms. The van der Waals surface area contributed by atoms with E-state index in [2.05, 4.69) is 10.1 Å². The van der Waals surface area contributed by atoms with Crippen LogP contribution >= 0.6 is 0 Å². The molecule has 0 aliphatic heterocycles. The Morgan fingerprint density at radius 1 is 1.46 bits per heavy atom. The summed E-state index contributed by atoms with van der Waals surface area (Å²) in [4.78, 5) is 31.8. The van der Waals surface area contributed by atoms with Crippen LogP contribution in [0.1, 0.15) is 13.3 Å². The van der Waals surface area contributed by atoms with Crippen LogP contribution < -0.4 is 11.1 Å². The van der Waals surface area contributed by atoms with E-state index < -0.39 is 23.8 Å². The first kappa shape index (κ1) is 11.4. The predicted molar refractivity (Wildman–Crippen MR) is 43.4 cm³/mol. The molecule has 1 atom stereocenters. The Hall–Kier alpha value is -1.59. The number of methoxy groups -OCH3 is 1. The maximum Gasteiger partial charge on any atom is 0.396 e. The van der Waals surface area contributed by atoms with Gasteiger partial charge in [0.05, 0.1) is 7.11 Å². The molecule has 0 aromatic heterocycles. The Labute approximate surface area is 75.4 Å². The molecule has 0 aromatic carbocycles. The molecule has 0 spiro atoms. The van der Waals surface area contributed by atoms with Gasteiger partial charge in [-0.1, -0.05) is 0 Å². The highest BCUT2D eigenvalue weighted by Gasteiger charge is 2.16. The third kappa shape index (κ3) is 4.78. The highest BCUT2D eigenvalue weighted by molar-refractivity contribution is 6.32. The predicted octanol–water partition coefficient (Wildman–Crippen LogP) is -1.46. The van der Waals surface area contributed by atoms with Gasteiger partial charge in [0, 0.05) is 12.5 Å². The molecule has 0 radical (unpaired) electrons. The van der Waals surface area contributed by atoms with Crippen molar-refractivity contribution in [1.29, 1.82) is 0 Å². The van der Waals surface area contributed by atoms with Crippen LogP contribution in [0.3, 0.4) is 0 Å². The standard InChI is InChI=1S/C7H12N2O4/c1-4(3-5(8)10)9-6(11)7(12)13-2/h4H,3H2,1-2H3,(H2,8,10)(H,9,11). The van der Waals surface area contributed by atoms with Crippen molar-refractivity contribution in [3.63, 3.8) is 0 Å². The van der Waals surface area contributed by atoms with Crippen LogP contribution in [0, 0.1) is 0 Å². The fourth-order valence-electron chi connectivity index (χ4n) is 0.728. The largest absolute Gasteiger partial charge is 0.462 e. The number of esters is 1. The number of carbonyl (C=O) groups excluding carboxylic acids is 3. The Morgan fingerprint density at radius 3 is 2.38 bits per heavy atom. The van der Waals surface area contributed by atoms with Crippen molar-refractivity contribution in [2.24, 2.45) is 5.73 Å². The van der Waals surface area contributed by atoms with Gasteiger partial charge >= 0.3 is 11.9 Å². The molecular formula is C7H12N2O4. The third-order valence-corrected chi connectivity index (χ3v) is 1.26. The smallest absolute Gasteiger partial charge is 0.396 e. The number of nitrogens with two attached hydrogens (primary N) is 1. The van der Waals surface area contributed by atoms with Crippen molar-refractivity contribution in [1.82, 2.24) is 5.32 Å². The van der Waals surface area contributed by atoms with Gasteiger partial charge < -0.3 is 15.8 Å². The lowest BCUT2D eigenvalue weighted by Crippen LogP contribution is -2.40. The fraction of sp³-hybridized carbons (Fsp3) is 0.571. The van der Waals surface area contributed by atoms with E-state index in [1.54, 1.807) is 6.92 Å². The summed E-state index contributed by atoms with van der Waals surface area (Å²) >= 11 is 0. The fourth-order valence-corrected chi connectivity index (χ4v) is 0.728. The molecule has 1 unspecified atom stereocenters. The second-order valence-corrected chi connectivity index (χ2v) is 2.54. The van der Waals surface area contributed by atoms with Gasteiger partial charge in [0.15, 0.2) is 0 Å². The highest BCUT2D eigenvalue weighted by Crippen LogP contribution is 1.89. The Bertz CT molecular complexity index is 227. The number of hydrogen-bond acceptors (Lipinski definition) is 4. The molecule has 0 aliphatic carbocycles. The van der Waals surface area contributed by atoms with Crippen molar-refractivity contribution in [3.05, 3.63) is 0 Å². The molecule has 0 aromatic rings. The quantitative estimate of drug-likeness (QED) is 0.417. The van der Waals surface area contributed by atoms with E-state index in [0.717, 1.165) is 7.11 Å². The van der Waals surface area contributed by atoms with E-state index in [1.807, 2.05) is 0 Å². The van der Waals surface area contributed by atoms with Crippen LogP contribution in [-0.2, 0) is 19.1 Å². The molecular weight excluding hydrogens is 176 g/mol. The summed E-state index contributed by atoms with van der Waals surface area (Å²) in [6.07, 6.45) is -0.0112. The number of hydrogen-bond donors (Lipinski definition) is 2. The molecule has 0 aliphatic rings. The summed E-state index contributed by atoms with van der Waals surface area (Å²) < 4.78 is 4.15. The second-order valence-electron chi connectivity index (χ2n) is 2.54. The minimum absolute atomic E-state index is 0.0112. The molecule has 0 rings (SSSR count). The van der Waals surface area contributed by atoms with E-state index in [0.29, 0.717) is 0 Å². The van der Waals surface area contributed by atoms with Crippen molar-refractivity contribution in [3.8, 4) is 0 Å². The van der Waals surface area contributed by atoms with Gasteiger partial charge in [-0.25, -0.2) is 4.79 Å². The van der Waals surface area contributed by atoms with Crippen LogP contribution in [0.5, 0.6) is 0 Å². The molecule has 0 heterocycles. The van der Waals surface area contributed by atoms with Crippen LogP contribution in [0.2, 0.25) is 0 Å². The maximum absolute atomic E-state index is 10.8. The lowest BCUT2D eigenvalue weighted by Gasteiger charge is -2.09. The summed E-state index contributed by atoms with van der Waals surface area (Å²) in [5.41, 5.74) is 4.87. The van der Waals surface area contributed by atoms with Crippen LogP contribution in [-0.4, -0.2) is 30.9 Å². The molecule has 3 N–H and O–H groups in total. The summed E-state index contributed by atoms with van der Waals surface area (Å²) in [6.45, 7) is 1.56. The van der Waals surface area contributed by atoms with Gasteiger partial charge in [-0.15, -0.1) is 0 Å². The molecule has 0 fully saturated rings. The first-order chi connectivity index (χ1) is 5.97. The van der Waals surface area contributed by atoms with Crippen molar-refractivity contribution in [2.75, 3.05) is 7.11 Å². The van der Waals surface area contributed by atoms with E-state index in [4.69, 9.17) is 5.73 Å². The topological polar surface area (TPSA) is 98.5 Å². The summed E-state index contributed by atoms with van der Waals surface area (Å²) in [5, 5.41) is 2.25. The number of carbonyl (C=O) groups is 3. The summed E-state index contributed by atoms with van der Waals surface area (Å²) in [7, 11) is 1.10. The monoisotopic (exact) mass is 188 g/mol. The number of amides is 2. The van der Waals surface area contributed by atoms with Gasteiger partial charge in [-0.05, 0) is 6.92 Å². The van der Waals surface area contributed by atoms with Gasteiger partial charge in [-0.2, -0.15) is 0 Å². The summed E-state index contributed by atoms with van der Waals surface area (Å²) in [6, 6.07) is -0.468. The highest BCUT2D eigenvalue weighted by atomic mass is 16.5. The Kier molecular flexibility index (Phi) is 4.50. The first-order valence-electron chi connectivity index (χ1n) is 3.64. The van der Waals surface area contributed by atoms with Crippen molar-refractivity contribution >= 4 is 17.8 Å². The van der Waals surface area contributed by atoms with E-state index in [-0.39, 0.29) is 6.42 Å². The van der Waals surface area contributed by atoms with Gasteiger partial charge in [0.2, 0.25) is 5.91 Å². The zero-order valence-electron chi connectivity index (χ0n) is 7.49. The molecule has 0 saturated heterocycles. The number of ether oxygens (including phenoxy) is 1. The molecule has 6 heteroatoms. The number of rotatable bonds is 3. The average Bonchev–Trinajstić information content (AvgIpc) is 2.01. The van der Waals surface area contributed by atoms with Crippen LogP contribution in [0.15, 0.2) is 0 Å². The minimum Gasteiger partial charge on any atom is -0.462 e. The third-order valence-electron chi connectivity index (χ3n) is 1.26. The molecule has 0 saturated carbocycles. The van der Waals surface area contributed by atoms with Gasteiger partial charge in [-0.3, -0.25) is 9.59 Å². The lowest BCUT2D eigenvalue weighted by molar-refractivity contribution is -0.153. The number of primary amides is 1. The van der Waals surface area contributed by atoms with E-state index in [1.165, 1.54) is 0 Å². The normalized spacial score (nSPS) is 11.5. The first-order valence-corrected chi connectivity index (χ1v) is 3.64. The average molecular weight is 188 g/mol. The van der Waals surface area contributed by atoms with Crippen molar-refractivity contribution < 1.29 is 19.1 Å². The van der Waals surface area contributed by atoms with E-state index >= 15 is 0 Å². The lowest BCUT2D eigenvalue weighted by atomic mass is 10.2. The second kappa shape index (κ2) is 5.13. The summed E-state index contributed by atoms with van der Waals surface area (Å²) in [5.74, 6) is -2.41. The Balaban J connectivity index is 3.91.